The van der Waals surface area contributed by atoms with Crippen LogP contribution in [0.5, 0.6) is 0 Å². The quantitative estimate of drug-likeness (QED) is 0.451. The largest absolute Gasteiger partial charge is 0.185 e. The second-order valence-electron chi connectivity index (χ2n) is 2.31. The van der Waals surface area contributed by atoms with Crippen molar-refractivity contribution < 1.29 is 0 Å². The van der Waals surface area contributed by atoms with Gasteiger partial charge in [0, 0.05) is 4.75 Å². The molecule has 0 aromatic carbocycles. The Kier molecular flexibility index (Phi) is 2.17. The lowest BCUT2D eigenvalue weighted by molar-refractivity contribution is 0.808. The van der Waals surface area contributed by atoms with Gasteiger partial charge in [0.1, 0.15) is 5.40 Å². The van der Waals surface area contributed by atoms with E-state index < -0.39 is 0 Å². The molecule has 0 aliphatic rings. The highest BCUT2D eigenvalue weighted by molar-refractivity contribution is 8.04. The average Bonchev–Trinajstić information content (AvgIpc) is 1.30. The Morgan fingerprint density at radius 3 is 1.86 bits per heavy atom. The summed E-state index contributed by atoms with van der Waals surface area (Å²) in [6, 6.07) is 0. The van der Waals surface area contributed by atoms with E-state index in [4.69, 9.17) is 5.26 Å². The number of hydrogen-bond donors (Lipinski definition) is 0. The Bertz CT molecular complexity index is 85.2. The van der Waals surface area contributed by atoms with Crippen LogP contribution in [-0.2, 0) is 0 Å². The number of hydrogen-bond acceptors (Lipinski definition) is 2. The first-order valence-corrected chi connectivity index (χ1v) is 2.95. The summed E-state index contributed by atoms with van der Waals surface area (Å²) in [7, 11) is 0. The van der Waals surface area contributed by atoms with Crippen LogP contribution >= 0.6 is 11.8 Å². The van der Waals surface area contributed by atoms with Crippen molar-refractivity contribution in [2.45, 2.75) is 25.5 Å². The Balaban J connectivity index is 3.40. The molecule has 0 bridgehead atoms. The zero-order chi connectivity index (χ0) is 5.91. The van der Waals surface area contributed by atoms with Crippen LogP contribution in [0.15, 0.2) is 0 Å². The van der Waals surface area contributed by atoms with Crippen molar-refractivity contribution in [3.05, 3.63) is 0 Å². The van der Waals surface area contributed by atoms with Crippen molar-refractivity contribution in [2.24, 2.45) is 0 Å². The molecular weight excluding hydrogens is 106 g/mol. The van der Waals surface area contributed by atoms with E-state index in [1.54, 1.807) is 0 Å². The summed E-state index contributed by atoms with van der Waals surface area (Å²) in [6.45, 7) is 6.04. The van der Waals surface area contributed by atoms with Crippen molar-refractivity contribution >= 4 is 11.8 Å². The summed E-state index contributed by atoms with van der Waals surface area (Å²) in [4.78, 5) is 0. The van der Waals surface area contributed by atoms with Crippen LogP contribution in [0.1, 0.15) is 20.8 Å². The molecule has 0 spiro atoms. The minimum Gasteiger partial charge on any atom is -0.185 e. The lowest BCUT2D eigenvalue weighted by Gasteiger charge is -2.09. The predicted octanol–water partition coefficient (Wildman–Crippen LogP) is 2.00. The van der Waals surface area contributed by atoms with Crippen molar-refractivity contribution in [3.8, 4) is 5.40 Å². The monoisotopic (exact) mass is 115 g/mol. The van der Waals surface area contributed by atoms with Gasteiger partial charge in [-0.2, -0.15) is 5.26 Å². The van der Waals surface area contributed by atoms with E-state index in [0.29, 0.717) is 0 Å². The van der Waals surface area contributed by atoms with Gasteiger partial charge in [-0.15, -0.1) is 0 Å². The molecule has 0 radical (unpaired) electrons. The SMILES string of the molecule is CC(C)(C)SC#N. The molecular formula is C5H9NS. The van der Waals surface area contributed by atoms with E-state index in [1.807, 2.05) is 26.2 Å². The Labute approximate surface area is 48.7 Å². The van der Waals surface area contributed by atoms with Crippen LogP contribution in [0.2, 0.25) is 0 Å². The molecule has 7 heavy (non-hydrogen) atoms. The van der Waals surface area contributed by atoms with E-state index in [2.05, 4.69) is 0 Å². The van der Waals surface area contributed by atoms with Crippen LogP contribution in [0.4, 0.5) is 0 Å². The maximum Gasteiger partial charge on any atom is 0.133 e. The molecule has 0 aliphatic carbocycles. The zero-order valence-corrected chi connectivity index (χ0v) is 5.67. The molecule has 0 rings (SSSR count). The van der Waals surface area contributed by atoms with Gasteiger partial charge in [0.25, 0.3) is 0 Å². The van der Waals surface area contributed by atoms with Crippen molar-refractivity contribution in [1.82, 2.24) is 0 Å². The third kappa shape index (κ3) is 5.84. The molecule has 0 saturated heterocycles. The average molecular weight is 115 g/mol. The molecule has 2 heteroatoms. The Morgan fingerprint density at radius 1 is 1.43 bits per heavy atom. The van der Waals surface area contributed by atoms with Crippen LogP contribution in [0, 0.1) is 10.7 Å². The van der Waals surface area contributed by atoms with Gasteiger partial charge in [0.05, 0.1) is 0 Å². The van der Waals surface area contributed by atoms with Crippen molar-refractivity contribution in [1.29, 1.82) is 5.26 Å². The summed E-state index contributed by atoms with van der Waals surface area (Å²) in [5.41, 5.74) is 0. The Hall–Kier alpha value is -0.160. The normalized spacial score (nSPS) is 10.6. The third-order valence-corrected chi connectivity index (χ3v) is 1.06. The van der Waals surface area contributed by atoms with Gasteiger partial charge in [-0.3, -0.25) is 0 Å². The summed E-state index contributed by atoms with van der Waals surface area (Å²) < 4.78 is 0.106. The van der Waals surface area contributed by atoms with Gasteiger partial charge < -0.3 is 0 Å². The van der Waals surface area contributed by atoms with E-state index in [-0.39, 0.29) is 4.75 Å². The molecule has 40 valence electrons. The predicted molar refractivity (Wildman–Crippen MR) is 33.0 cm³/mol. The molecule has 0 heterocycles. The maximum absolute atomic E-state index is 8.11. The minimum atomic E-state index is 0.106. The molecule has 0 unspecified atom stereocenters. The van der Waals surface area contributed by atoms with Crippen molar-refractivity contribution in [2.75, 3.05) is 0 Å². The highest BCUT2D eigenvalue weighted by Gasteiger charge is 2.08. The number of thioether (sulfide) groups is 1. The molecule has 0 aromatic heterocycles. The summed E-state index contributed by atoms with van der Waals surface area (Å²) in [5.74, 6) is 0. The highest BCUT2D eigenvalue weighted by atomic mass is 32.2. The van der Waals surface area contributed by atoms with Crippen LogP contribution < -0.4 is 0 Å². The number of rotatable bonds is 0. The second kappa shape index (κ2) is 2.23. The van der Waals surface area contributed by atoms with Crippen LogP contribution in [-0.4, -0.2) is 4.75 Å². The third-order valence-electron chi connectivity index (χ3n) is 0.352. The van der Waals surface area contributed by atoms with Gasteiger partial charge in [-0.1, -0.05) is 0 Å². The smallest absolute Gasteiger partial charge is 0.133 e. The van der Waals surface area contributed by atoms with E-state index >= 15 is 0 Å². The van der Waals surface area contributed by atoms with Crippen LogP contribution in [0.25, 0.3) is 0 Å². The minimum absolute atomic E-state index is 0.106. The van der Waals surface area contributed by atoms with E-state index in [1.165, 1.54) is 11.8 Å². The van der Waals surface area contributed by atoms with Crippen molar-refractivity contribution in [3.63, 3.8) is 0 Å². The van der Waals surface area contributed by atoms with Gasteiger partial charge in [0.2, 0.25) is 0 Å². The fraction of sp³-hybridized carbons (Fsp3) is 0.800. The molecule has 0 aromatic rings. The highest BCUT2D eigenvalue weighted by Crippen LogP contribution is 2.20. The van der Waals surface area contributed by atoms with E-state index in [9.17, 15) is 0 Å². The lowest BCUT2D eigenvalue weighted by Crippen LogP contribution is -2.04. The summed E-state index contributed by atoms with van der Waals surface area (Å²) in [5, 5.41) is 10.1. The lowest BCUT2D eigenvalue weighted by atomic mass is 10.3. The summed E-state index contributed by atoms with van der Waals surface area (Å²) >= 11 is 1.29. The summed E-state index contributed by atoms with van der Waals surface area (Å²) in [6.07, 6.45) is 0. The van der Waals surface area contributed by atoms with Crippen LogP contribution in [0.3, 0.4) is 0 Å². The molecule has 0 N–H and O–H groups in total. The molecule has 1 nitrogen and oxygen atoms in total. The fourth-order valence-electron chi connectivity index (χ4n) is 0.137. The molecule has 0 fully saturated rings. The number of thiocyanates is 1. The van der Waals surface area contributed by atoms with E-state index in [0.717, 1.165) is 0 Å². The molecule has 0 atom stereocenters. The molecule has 0 amide bonds. The van der Waals surface area contributed by atoms with Gasteiger partial charge in [-0.05, 0) is 32.5 Å². The topological polar surface area (TPSA) is 23.8 Å². The Morgan fingerprint density at radius 2 is 1.86 bits per heavy atom. The first-order valence-electron chi connectivity index (χ1n) is 2.13. The fourth-order valence-corrected chi connectivity index (χ4v) is 0.411. The standard InChI is InChI=1S/C5H9NS/c1-5(2,3)7-4-6/h1-3H3. The maximum atomic E-state index is 8.11. The first kappa shape index (κ1) is 6.84. The molecule has 0 saturated carbocycles. The number of nitriles is 1. The first-order chi connectivity index (χ1) is 3.06. The van der Waals surface area contributed by atoms with Gasteiger partial charge >= 0.3 is 0 Å². The van der Waals surface area contributed by atoms with Gasteiger partial charge in [0.15, 0.2) is 0 Å². The molecule has 0 aliphatic heterocycles. The second-order valence-corrected chi connectivity index (χ2v) is 3.92. The van der Waals surface area contributed by atoms with Gasteiger partial charge in [-0.25, -0.2) is 0 Å². The zero-order valence-electron chi connectivity index (χ0n) is 4.86. The number of nitrogens with zero attached hydrogens (tertiary/aromatic N) is 1.